The second-order valence-electron chi connectivity index (χ2n) is 9.54. The van der Waals surface area contributed by atoms with E-state index >= 15 is 0 Å². The summed E-state index contributed by atoms with van der Waals surface area (Å²) >= 11 is 0. The van der Waals surface area contributed by atoms with Crippen molar-refractivity contribution in [3.8, 4) is 0 Å². The Kier molecular flexibility index (Phi) is 5.84. The van der Waals surface area contributed by atoms with Crippen LogP contribution in [0.1, 0.15) is 71.6 Å². The lowest BCUT2D eigenvalue weighted by molar-refractivity contribution is 0.0988. The van der Waals surface area contributed by atoms with E-state index in [-0.39, 0.29) is 23.8 Å². The molecule has 0 atom stereocenters. The van der Waals surface area contributed by atoms with Gasteiger partial charge in [-0.25, -0.2) is 9.67 Å². The number of benzene rings is 2. The van der Waals surface area contributed by atoms with E-state index in [1.54, 1.807) is 30.5 Å². The molecule has 0 fully saturated rings. The zero-order valence-corrected chi connectivity index (χ0v) is 20.4. The van der Waals surface area contributed by atoms with Gasteiger partial charge < -0.3 is 10.2 Å². The standard InChI is InChI=1S/C28H29N5O2/c1-17(2)24-15-22(23-16-29-33(18(3)4)26(23)31-24)27(34)30-21-11-9-20(10-12-21)28(35)32-14-13-19-7-5-6-8-25(19)32/h5-12,15-18H,13-14H2,1-4H3,(H,30,34). The zero-order valence-electron chi connectivity index (χ0n) is 20.4. The molecule has 0 saturated heterocycles. The normalized spacial score (nSPS) is 13.0. The molecule has 2 amide bonds. The van der Waals surface area contributed by atoms with Crippen molar-refractivity contribution in [2.45, 2.75) is 46.1 Å². The number of hydrogen-bond acceptors (Lipinski definition) is 4. The molecule has 3 heterocycles. The summed E-state index contributed by atoms with van der Waals surface area (Å²) in [6.07, 6.45) is 2.57. The van der Waals surface area contributed by atoms with Crippen molar-refractivity contribution >= 4 is 34.2 Å². The number of nitrogens with zero attached hydrogens (tertiary/aromatic N) is 4. The average molecular weight is 468 g/mol. The Morgan fingerprint density at radius 2 is 1.74 bits per heavy atom. The van der Waals surface area contributed by atoms with E-state index in [9.17, 15) is 9.59 Å². The first-order chi connectivity index (χ1) is 16.8. The number of carbonyl (C=O) groups is 2. The van der Waals surface area contributed by atoms with E-state index in [0.29, 0.717) is 29.0 Å². The number of carbonyl (C=O) groups excluding carboxylic acids is 2. The largest absolute Gasteiger partial charge is 0.322 e. The van der Waals surface area contributed by atoms with Crippen LogP contribution in [0.3, 0.4) is 0 Å². The highest BCUT2D eigenvalue weighted by molar-refractivity contribution is 6.12. The number of fused-ring (bicyclic) bond motifs is 2. The maximum atomic E-state index is 13.3. The fourth-order valence-electron chi connectivity index (χ4n) is 4.50. The fourth-order valence-corrected chi connectivity index (χ4v) is 4.50. The molecule has 7 nitrogen and oxygen atoms in total. The van der Waals surface area contributed by atoms with E-state index < -0.39 is 0 Å². The summed E-state index contributed by atoms with van der Waals surface area (Å²) < 4.78 is 1.84. The van der Waals surface area contributed by atoms with Gasteiger partial charge in [-0.05, 0) is 68.1 Å². The number of pyridine rings is 1. The Bertz CT molecular complexity index is 1420. The van der Waals surface area contributed by atoms with Crippen molar-refractivity contribution < 1.29 is 9.59 Å². The van der Waals surface area contributed by atoms with Crippen LogP contribution in [0.2, 0.25) is 0 Å². The predicted molar refractivity (Wildman–Crippen MR) is 138 cm³/mol. The number of amides is 2. The van der Waals surface area contributed by atoms with Crippen molar-refractivity contribution in [2.24, 2.45) is 0 Å². The number of aromatic nitrogens is 3. The van der Waals surface area contributed by atoms with E-state index in [0.717, 1.165) is 23.2 Å². The molecular weight excluding hydrogens is 438 g/mol. The molecular formula is C28H29N5O2. The van der Waals surface area contributed by atoms with E-state index in [4.69, 9.17) is 4.98 Å². The van der Waals surface area contributed by atoms with Gasteiger partial charge in [0, 0.05) is 35.2 Å². The molecule has 0 bridgehead atoms. The van der Waals surface area contributed by atoms with Gasteiger partial charge in [-0.15, -0.1) is 0 Å². The molecule has 4 aromatic rings. The van der Waals surface area contributed by atoms with E-state index in [1.807, 2.05) is 47.7 Å². The van der Waals surface area contributed by atoms with Crippen LogP contribution in [-0.2, 0) is 6.42 Å². The van der Waals surface area contributed by atoms with Crippen molar-refractivity contribution in [1.29, 1.82) is 0 Å². The molecule has 35 heavy (non-hydrogen) atoms. The van der Waals surface area contributed by atoms with Gasteiger partial charge in [0.15, 0.2) is 5.65 Å². The first-order valence-electron chi connectivity index (χ1n) is 12.0. The van der Waals surface area contributed by atoms with Gasteiger partial charge in [0.2, 0.25) is 0 Å². The number of para-hydroxylation sites is 1. The van der Waals surface area contributed by atoms with Crippen LogP contribution in [0, 0.1) is 0 Å². The number of hydrogen-bond donors (Lipinski definition) is 1. The molecule has 7 heteroatoms. The van der Waals surface area contributed by atoms with Crippen LogP contribution in [0.15, 0.2) is 60.8 Å². The Labute approximate surface area is 204 Å². The molecule has 0 unspecified atom stereocenters. The first-order valence-corrected chi connectivity index (χ1v) is 12.0. The smallest absolute Gasteiger partial charge is 0.258 e. The van der Waals surface area contributed by atoms with Gasteiger partial charge in [0.05, 0.1) is 17.1 Å². The van der Waals surface area contributed by atoms with Crippen LogP contribution in [0.25, 0.3) is 11.0 Å². The summed E-state index contributed by atoms with van der Waals surface area (Å²) in [7, 11) is 0. The van der Waals surface area contributed by atoms with Crippen LogP contribution >= 0.6 is 0 Å². The maximum absolute atomic E-state index is 13.3. The quantitative estimate of drug-likeness (QED) is 0.415. The highest BCUT2D eigenvalue weighted by Crippen LogP contribution is 2.29. The van der Waals surface area contributed by atoms with Gasteiger partial charge in [-0.3, -0.25) is 9.59 Å². The van der Waals surface area contributed by atoms with Gasteiger partial charge in [0.25, 0.3) is 11.8 Å². The fraction of sp³-hybridized carbons (Fsp3) is 0.286. The summed E-state index contributed by atoms with van der Waals surface area (Å²) in [5, 5.41) is 8.16. The summed E-state index contributed by atoms with van der Waals surface area (Å²) in [5.41, 5.74) is 5.47. The molecule has 2 aromatic carbocycles. The molecule has 0 radical (unpaired) electrons. The van der Waals surface area contributed by atoms with Gasteiger partial charge in [-0.2, -0.15) is 5.10 Å². The average Bonchev–Trinajstić information content (AvgIpc) is 3.48. The summed E-state index contributed by atoms with van der Waals surface area (Å²) in [6.45, 7) is 8.87. The Morgan fingerprint density at radius 1 is 1.00 bits per heavy atom. The third-order valence-corrected chi connectivity index (χ3v) is 6.43. The monoisotopic (exact) mass is 467 g/mol. The minimum Gasteiger partial charge on any atom is -0.322 e. The minimum absolute atomic E-state index is 0.0358. The molecule has 1 aliphatic rings. The van der Waals surface area contributed by atoms with Crippen LogP contribution in [-0.4, -0.2) is 33.1 Å². The molecule has 0 spiro atoms. The second kappa shape index (κ2) is 8.98. The van der Waals surface area contributed by atoms with Crippen molar-refractivity contribution in [3.05, 3.63) is 83.2 Å². The molecule has 2 aromatic heterocycles. The predicted octanol–water partition coefficient (Wildman–Crippen LogP) is 5.59. The Morgan fingerprint density at radius 3 is 2.46 bits per heavy atom. The lowest BCUT2D eigenvalue weighted by Gasteiger charge is -2.17. The number of rotatable bonds is 5. The van der Waals surface area contributed by atoms with Gasteiger partial charge >= 0.3 is 0 Å². The SMILES string of the molecule is CC(C)c1cc(C(=O)Nc2ccc(C(=O)N3CCc4ccccc43)cc2)c2cnn(C(C)C)c2n1. The van der Waals surface area contributed by atoms with Crippen molar-refractivity contribution in [3.63, 3.8) is 0 Å². The summed E-state index contributed by atoms with van der Waals surface area (Å²) in [6, 6.07) is 17.0. The van der Waals surface area contributed by atoms with E-state index in [1.165, 1.54) is 5.56 Å². The number of nitrogens with one attached hydrogen (secondary N) is 1. The number of anilines is 2. The highest BCUT2D eigenvalue weighted by Gasteiger charge is 2.25. The maximum Gasteiger partial charge on any atom is 0.258 e. The summed E-state index contributed by atoms with van der Waals surface area (Å²) in [4.78, 5) is 33.0. The molecule has 5 rings (SSSR count). The second-order valence-corrected chi connectivity index (χ2v) is 9.54. The molecule has 1 aliphatic heterocycles. The minimum atomic E-state index is -0.227. The lowest BCUT2D eigenvalue weighted by atomic mass is 10.0. The van der Waals surface area contributed by atoms with Crippen LogP contribution < -0.4 is 10.2 Å². The first kappa shape index (κ1) is 22.8. The van der Waals surface area contributed by atoms with Crippen LogP contribution in [0.5, 0.6) is 0 Å². The van der Waals surface area contributed by atoms with Gasteiger partial charge in [0.1, 0.15) is 0 Å². The third kappa shape index (κ3) is 4.18. The molecule has 0 aliphatic carbocycles. The molecule has 1 N–H and O–H groups in total. The third-order valence-electron chi connectivity index (χ3n) is 6.43. The lowest BCUT2D eigenvalue weighted by Crippen LogP contribution is -2.28. The van der Waals surface area contributed by atoms with Gasteiger partial charge in [-0.1, -0.05) is 32.0 Å². The Balaban J connectivity index is 1.39. The van der Waals surface area contributed by atoms with E-state index in [2.05, 4.69) is 30.3 Å². The zero-order chi connectivity index (χ0) is 24.7. The van der Waals surface area contributed by atoms with Crippen molar-refractivity contribution in [2.75, 3.05) is 16.8 Å². The molecule has 0 saturated carbocycles. The van der Waals surface area contributed by atoms with Crippen molar-refractivity contribution in [1.82, 2.24) is 14.8 Å². The summed E-state index contributed by atoms with van der Waals surface area (Å²) in [5.74, 6) is -0.0935. The van der Waals surface area contributed by atoms with Crippen LogP contribution in [0.4, 0.5) is 11.4 Å². The topological polar surface area (TPSA) is 80.1 Å². The highest BCUT2D eigenvalue weighted by atomic mass is 16.2. The Hall–Kier alpha value is -4.00. The molecule has 178 valence electrons.